The van der Waals surface area contributed by atoms with Crippen molar-refractivity contribution in [2.24, 2.45) is 5.41 Å². The van der Waals surface area contributed by atoms with Crippen molar-refractivity contribution in [3.05, 3.63) is 59.4 Å². The average molecular weight is 483 g/mol. The van der Waals surface area contributed by atoms with Crippen LogP contribution in [-0.4, -0.2) is 37.3 Å². The third-order valence-corrected chi connectivity index (χ3v) is 6.91. The second-order valence-corrected chi connectivity index (χ2v) is 9.25. The Labute approximate surface area is 203 Å². The average Bonchev–Trinajstić information content (AvgIpc) is 2.81. The van der Waals surface area contributed by atoms with Gasteiger partial charge in [-0.1, -0.05) is 6.42 Å². The standard InChI is InChI=1S/C26H28F2N4O3/c1-16-9-22(34-3)24(28)19(23(16)27)13-35-18-11-29-25(30-12-18)31-17-5-6-20(21(10-17)33-2)32-14-26(15-32)7-4-8-26/h5-6,9-12H,4,7-8,13-15H2,1-3H3,(H,29,30,31). The van der Waals surface area contributed by atoms with Crippen LogP contribution in [0.1, 0.15) is 30.4 Å². The van der Waals surface area contributed by atoms with Crippen LogP contribution in [0.4, 0.5) is 26.1 Å². The molecule has 1 saturated heterocycles. The van der Waals surface area contributed by atoms with Crippen molar-refractivity contribution in [1.82, 2.24) is 9.97 Å². The quantitative estimate of drug-likeness (QED) is 0.461. The fraction of sp³-hybridized carbons (Fsp3) is 0.385. The lowest BCUT2D eigenvalue weighted by Gasteiger charge is -2.57. The second kappa shape index (κ2) is 9.20. The van der Waals surface area contributed by atoms with Gasteiger partial charge in [0.15, 0.2) is 17.3 Å². The Morgan fingerprint density at radius 3 is 2.34 bits per heavy atom. The molecule has 1 N–H and O–H groups in total. The van der Waals surface area contributed by atoms with Crippen molar-refractivity contribution in [3.8, 4) is 17.2 Å². The summed E-state index contributed by atoms with van der Waals surface area (Å²) in [6.45, 7) is 3.40. The molecule has 0 bridgehead atoms. The zero-order valence-corrected chi connectivity index (χ0v) is 20.0. The minimum atomic E-state index is -0.784. The summed E-state index contributed by atoms with van der Waals surface area (Å²) in [6, 6.07) is 7.25. The van der Waals surface area contributed by atoms with Crippen molar-refractivity contribution >= 4 is 17.3 Å². The summed E-state index contributed by atoms with van der Waals surface area (Å²) in [5.74, 6) is -0.0445. The van der Waals surface area contributed by atoms with Gasteiger partial charge in [0.05, 0.1) is 37.9 Å². The van der Waals surface area contributed by atoms with E-state index >= 15 is 0 Å². The molecule has 3 aromatic rings. The SMILES string of the molecule is COc1cc(Nc2ncc(OCc3c(F)c(C)cc(OC)c3F)cn2)ccc1N1CC2(CCC2)C1. The Morgan fingerprint density at radius 1 is 1.00 bits per heavy atom. The van der Waals surface area contributed by atoms with E-state index in [4.69, 9.17) is 14.2 Å². The first-order valence-electron chi connectivity index (χ1n) is 11.6. The molecule has 5 rings (SSSR count). The monoisotopic (exact) mass is 482 g/mol. The summed E-state index contributed by atoms with van der Waals surface area (Å²) in [6.07, 6.45) is 6.88. The highest BCUT2D eigenvalue weighted by atomic mass is 19.1. The van der Waals surface area contributed by atoms with Gasteiger partial charge >= 0.3 is 0 Å². The number of benzene rings is 2. The van der Waals surface area contributed by atoms with E-state index < -0.39 is 11.6 Å². The lowest BCUT2D eigenvalue weighted by Crippen LogP contribution is -2.59. The first kappa shape index (κ1) is 23.1. The first-order valence-corrected chi connectivity index (χ1v) is 11.6. The van der Waals surface area contributed by atoms with Gasteiger partial charge < -0.3 is 24.4 Å². The van der Waals surface area contributed by atoms with Crippen molar-refractivity contribution in [2.45, 2.75) is 32.8 Å². The number of aromatic nitrogens is 2. The molecule has 2 aromatic carbocycles. The molecule has 1 aromatic heterocycles. The van der Waals surface area contributed by atoms with Crippen LogP contribution in [0, 0.1) is 24.0 Å². The molecule has 7 nitrogen and oxygen atoms in total. The Morgan fingerprint density at radius 2 is 1.71 bits per heavy atom. The number of ether oxygens (including phenoxy) is 3. The lowest BCUT2D eigenvalue weighted by molar-refractivity contribution is 0.0899. The minimum absolute atomic E-state index is 0.0311. The van der Waals surface area contributed by atoms with E-state index in [9.17, 15) is 8.78 Å². The molecule has 35 heavy (non-hydrogen) atoms. The third-order valence-electron chi connectivity index (χ3n) is 6.91. The number of halogens is 2. The van der Waals surface area contributed by atoms with Crippen LogP contribution in [0.2, 0.25) is 0 Å². The molecule has 184 valence electrons. The van der Waals surface area contributed by atoms with Crippen LogP contribution in [0.15, 0.2) is 36.7 Å². The summed E-state index contributed by atoms with van der Waals surface area (Å²) >= 11 is 0. The molecule has 1 saturated carbocycles. The molecule has 2 aliphatic rings. The number of rotatable bonds is 8. The van der Waals surface area contributed by atoms with Gasteiger partial charge in [0.2, 0.25) is 5.95 Å². The molecular formula is C26H28F2N4O3. The predicted octanol–water partition coefficient (Wildman–Crippen LogP) is 5.39. The normalized spacial score (nSPS) is 15.9. The van der Waals surface area contributed by atoms with Crippen LogP contribution < -0.4 is 24.4 Å². The van der Waals surface area contributed by atoms with Crippen LogP contribution in [0.5, 0.6) is 17.2 Å². The van der Waals surface area contributed by atoms with E-state index in [2.05, 4.69) is 20.2 Å². The molecule has 0 atom stereocenters. The third kappa shape index (κ3) is 4.42. The highest BCUT2D eigenvalue weighted by Crippen LogP contribution is 2.51. The molecule has 1 aliphatic carbocycles. The fourth-order valence-electron chi connectivity index (χ4n) is 4.76. The highest BCUT2D eigenvalue weighted by molar-refractivity contribution is 5.68. The van der Waals surface area contributed by atoms with Gasteiger partial charge in [0.25, 0.3) is 0 Å². The van der Waals surface area contributed by atoms with E-state index in [1.54, 1.807) is 14.0 Å². The molecule has 0 radical (unpaired) electrons. The molecule has 1 spiro atoms. The maximum atomic E-state index is 14.4. The van der Waals surface area contributed by atoms with Crippen molar-refractivity contribution < 1.29 is 23.0 Å². The van der Waals surface area contributed by atoms with E-state index in [0.717, 1.165) is 30.2 Å². The number of hydrogen-bond donors (Lipinski definition) is 1. The summed E-state index contributed by atoms with van der Waals surface area (Å²) in [5, 5.41) is 3.15. The summed E-state index contributed by atoms with van der Waals surface area (Å²) in [4.78, 5) is 10.9. The van der Waals surface area contributed by atoms with Crippen molar-refractivity contribution in [3.63, 3.8) is 0 Å². The van der Waals surface area contributed by atoms with Gasteiger partial charge in [0, 0.05) is 30.3 Å². The molecule has 1 aliphatic heterocycles. The second-order valence-electron chi connectivity index (χ2n) is 9.25. The lowest BCUT2D eigenvalue weighted by atomic mass is 9.63. The summed E-state index contributed by atoms with van der Waals surface area (Å²) in [5.41, 5.74) is 2.47. The molecule has 2 fully saturated rings. The van der Waals surface area contributed by atoms with E-state index in [-0.39, 0.29) is 29.2 Å². The van der Waals surface area contributed by atoms with Crippen LogP contribution in [-0.2, 0) is 6.61 Å². The molecule has 9 heteroatoms. The first-order chi connectivity index (χ1) is 16.9. The van der Waals surface area contributed by atoms with Gasteiger partial charge in [-0.05, 0) is 43.5 Å². The number of hydrogen-bond acceptors (Lipinski definition) is 7. The number of nitrogens with one attached hydrogen (secondary N) is 1. The number of nitrogens with zero attached hydrogens (tertiary/aromatic N) is 3. The zero-order chi connectivity index (χ0) is 24.6. The van der Waals surface area contributed by atoms with Gasteiger partial charge in [-0.15, -0.1) is 0 Å². The Hall–Kier alpha value is -3.62. The van der Waals surface area contributed by atoms with E-state index in [0.29, 0.717) is 11.4 Å². The zero-order valence-electron chi connectivity index (χ0n) is 20.0. The topological polar surface area (TPSA) is 68.7 Å². The maximum Gasteiger partial charge on any atom is 0.227 e. The molecule has 2 heterocycles. The molecular weight excluding hydrogens is 454 g/mol. The highest BCUT2D eigenvalue weighted by Gasteiger charge is 2.47. The Balaban J connectivity index is 1.22. The maximum absolute atomic E-state index is 14.4. The van der Waals surface area contributed by atoms with Gasteiger partial charge in [0.1, 0.15) is 18.2 Å². The molecule has 0 unspecified atom stereocenters. The minimum Gasteiger partial charge on any atom is -0.495 e. The molecule has 0 amide bonds. The van der Waals surface area contributed by atoms with Gasteiger partial charge in [-0.25, -0.2) is 18.7 Å². The van der Waals surface area contributed by atoms with E-state index in [1.807, 2.05) is 18.2 Å². The smallest absolute Gasteiger partial charge is 0.227 e. The Bertz CT molecular complexity index is 1220. The van der Waals surface area contributed by atoms with Gasteiger partial charge in [-0.3, -0.25) is 0 Å². The van der Waals surface area contributed by atoms with Crippen LogP contribution >= 0.6 is 0 Å². The number of anilines is 3. The van der Waals surface area contributed by atoms with Gasteiger partial charge in [-0.2, -0.15) is 0 Å². The van der Waals surface area contributed by atoms with Crippen LogP contribution in [0.3, 0.4) is 0 Å². The predicted molar refractivity (Wildman–Crippen MR) is 129 cm³/mol. The Kier molecular flexibility index (Phi) is 6.08. The largest absolute Gasteiger partial charge is 0.495 e. The fourth-order valence-corrected chi connectivity index (χ4v) is 4.76. The summed E-state index contributed by atoms with van der Waals surface area (Å²) < 4.78 is 45.0. The van der Waals surface area contributed by atoms with Crippen molar-refractivity contribution in [2.75, 3.05) is 37.5 Å². The number of aryl methyl sites for hydroxylation is 1. The van der Waals surface area contributed by atoms with Crippen molar-refractivity contribution in [1.29, 1.82) is 0 Å². The number of methoxy groups -OCH3 is 2. The van der Waals surface area contributed by atoms with Crippen LogP contribution in [0.25, 0.3) is 0 Å². The summed E-state index contributed by atoms with van der Waals surface area (Å²) in [7, 11) is 3.00. The van der Waals surface area contributed by atoms with E-state index in [1.165, 1.54) is 44.8 Å².